The van der Waals surface area contributed by atoms with Gasteiger partial charge in [0.15, 0.2) is 5.82 Å². The molecule has 0 radical (unpaired) electrons. The first-order valence-electron chi connectivity index (χ1n) is 2.76. The van der Waals surface area contributed by atoms with Crippen LogP contribution in [0.2, 0.25) is 0 Å². The Labute approximate surface area is 61.6 Å². The quantitative estimate of drug-likeness (QED) is 0.486. The molecule has 58 valence electrons. The SMILES string of the molecule is NC(=O)c1cnc(C(N)=O)[nH]1. The zero-order chi connectivity index (χ0) is 8.43. The number of nitrogens with two attached hydrogens (primary N) is 2. The molecule has 1 rings (SSSR count). The van der Waals surface area contributed by atoms with Crippen molar-refractivity contribution in [3.8, 4) is 0 Å². The molecule has 0 saturated heterocycles. The summed E-state index contributed by atoms with van der Waals surface area (Å²) in [6.07, 6.45) is 1.16. The Balaban J connectivity index is 2.99. The van der Waals surface area contributed by atoms with Crippen LogP contribution in [0.1, 0.15) is 21.1 Å². The van der Waals surface area contributed by atoms with Gasteiger partial charge in [-0.15, -0.1) is 0 Å². The van der Waals surface area contributed by atoms with E-state index in [4.69, 9.17) is 11.5 Å². The first-order chi connectivity index (χ1) is 5.11. The van der Waals surface area contributed by atoms with E-state index in [0.29, 0.717) is 0 Å². The first-order valence-corrected chi connectivity index (χ1v) is 2.76. The van der Waals surface area contributed by atoms with Crippen LogP contribution in [0.5, 0.6) is 0 Å². The molecule has 0 saturated carbocycles. The Morgan fingerprint density at radius 1 is 1.36 bits per heavy atom. The van der Waals surface area contributed by atoms with Crippen molar-refractivity contribution < 1.29 is 9.59 Å². The van der Waals surface area contributed by atoms with Crippen LogP contribution in [0.4, 0.5) is 0 Å². The molecule has 0 fully saturated rings. The lowest BCUT2D eigenvalue weighted by Crippen LogP contribution is -2.15. The van der Waals surface area contributed by atoms with Crippen LogP contribution in [0, 0.1) is 0 Å². The average Bonchev–Trinajstić information content (AvgIpc) is 2.33. The second-order valence-corrected chi connectivity index (χ2v) is 1.87. The lowest BCUT2D eigenvalue weighted by molar-refractivity contribution is 0.0991. The van der Waals surface area contributed by atoms with E-state index in [0.717, 1.165) is 6.20 Å². The number of aromatic amines is 1. The number of hydrogen-bond acceptors (Lipinski definition) is 3. The third-order valence-electron chi connectivity index (χ3n) is 1.07. The van der Waals surface area contributed by atoms with Crippen molar-refractivity contribution in [3.63, 3.8) is 0 Å². The van der Waals surface area contributed by atoms with Gasteiger partial charge in [-0.2, -0.15) is 0 Å². The van der Waals surface area contributed by atoms with E-state index in [2.05, 4.69) is 9.97 Å². The van der Waals surface area contributed by atoms with E-state index in [1.807, 2.05) is 0 Å². The fraction of sp³-hybridized carbons (Fsp3) is 0. The molecule has 0 bridgehead atoms. The zero-order valence-corrected chi connectivity index (χ0v) is 5.50. The Morgan fingerprint density at radius 2 is 2.00 bits per heavy atom. The van der Waals surface area contributed by atoms with Crippen LogP contribution in [0.25, 0.3) is 0 Å². The second kappa shape index (κ2) is 2.41. The summed E-state index contributed by atoms with van der Waals surface area (Å²) < 4.78 is 0. The third kappa shape index (κ3) is 1.34. The Kier molecular flexibility index (Phi) is 1.59. The van der Waals surface area contributed by atoms with Gasteiger partial charge in [0.1, 0.15) is 5.69 Å². The summed E-state index contributed by atoms with van der Waals surface area (Å²) >= 11 is 0. The summed E-state index contributed by atoms with van der Waals surface area (Å²) in [7, 11) is 0. The largest absolute Gasteiger partial charge is 0.364 e. The summed E-state index contributed by atoms with van der Waals surface area (Å²) in [4.78, 5) is 26.7. The minimum atomic E-state index is -0.725. The predicted octanol–water partition coefficient (Wildman–Crippen LogP) is -1.39. The topological polar surface area (TPSA) is 115 Å². The third-order valence-corrected chi connectivity index (χ3v) is 1.07. The van der Waals surface area contributed by atoms with Gasteiger partial charge in [0.05, 0.1) is 6.20 Å². The minimum absolute atomic E-state index is 0.0683. The molecule has 6 heteroatoms. The highest BCUT2D eigenvalue weighted by Crippen LogP contribution is 1.93. The predicted molar refractivity (Wildman–Crippen MR) is 35.6 cm³/mol. The fourth-order valence-electron chi connectivity index (χ4n) is 0.572. The first kappa shape index (κ1) is 7.26. The van der Waals surface area contributed by atoms with Gasteiger partial charge in [0.25, 0.3) is 11.8 Å². The molecule has 11 heavy (non-hydrogen) atoms. The molecule has 5 N–H and O–H groups in total. The molecule has 0 aliphatic carbocycles. The Hall–Kier alpha value is -1.85. The maximum atomic E-state index is 10.4. The van der Waals surface area contributed by atoms with E-state index in [-0.39, 0.29) is 11.5 Å². The monoisotopic (exact) mass is 154 g/mol. The van der Waals surface area contributed by atoms with E-state index in [1.165, 1.54) is 0 Å². The molecule has 0 atom stereocenters. The molecule has 2 amide bonds. The molecule has 0 aromatic carbocycles. The number of carbonyl (C=O) groups is 2. The van der Waals surface area contributed by atoms with Crippen LogP contribution in [-0.2, 0) is 0 Å². The zero-order valence-electron chi connectivity index (χ0n) is 5.50. The van der Waals surface area contributed by atoms with E-state index < -0.39 is 11.8 Å². The van der Waals surface area contributed by atoms with Crippen molar-refractivity contribution in [3.05, 3.63) is 17.7 Å². The van der Waals surface area contributed by atoms with E-state index in [9.17, 15) is 9.59 Å². The summed E-state index contributed by atoms with van der Waals surface area (Å²) in [5.41, 5.74) is 9.78. The van der Waals surface area contributed by atoms with Gasteiger partial charge in [-0.1, -0.05) is 0 Å². The van der Waals surface area contributed by atoms with Crippen LogP contribution in [0.3, 0.4) is 0 Å². The average molecular weight is 154 g/mol. The van der Waals surface area contributed by atoms with Crippen LogP contribution in [-0.4, -0.2) is 21.8 Å². The molecule has 0 unspecified atom stereocenters. The highest BCUT2D eigenvalue weighted by molar-refractivity contribution is 5.94. The number of imidazole rings is 1. The number of amides is 2. The van der Waals surface area contributed by atoms with Crippen molar-refractivity contribution in [1.29, 1.82) is 0 Å². The highest BCUT2D eigenvalue weighted by Gasteiger charge is 2.08. The normalized spacial score (nSPS) is 9.45. The summed E-state index contributed by atoms with van der Waals surface area (Å²) in [6.45, 7) is 0. The number of H-pyrrole nitrogens is 1. The van der Waals surface area contributed by atoms with Crippen LogP contribution < -0.4 is 11.5 Å². The molecule has 1 aromatic heterocycles. The maximum absolute atomic E-state index is 10.4. The van der Waals surface area contributed by atoms with Gasteiger partial charge in [0, 0.05) is 0 Å². The van der Waals surface area contributed by atoms with E-state index in [1.54, 1.807) is 0 Å². The second-order valence-electron chi connectivity index (χ2n) is 1.87. The summed E-state index contributed by atoms with van der Waals surface area (Å²) in [5.74, 6) is -1.47. The fourth-order valence-corrected chi connectivity index (χ4v) is 0.572. The standard InChI is InChI=1S/C5H6N4O2/c6-3(10)2-1-8-5(9-2)4(7)11/h1H,(H2,6,10)(H2,7,11)(H,8,9). The molecule has 0 spiro atoms. The number of rotatable bonds is 2. The van der Waals surface area contributed by atoms with Crippen molar-refractivity contribution in [2.75, 3.05) is 0 Å². The summed E-state index contributed by atoms with van der Waals surface area (Å²) in [6, 6.07) is 0. The Bertz CT molecular complexity index is 275. The minimum Gasteiger partial charge on any atom is -0.364 e. The summed E-state index contributed by atoms with van der Waals surface area (Å²) in [5, 5.41) is 0. The number of nitrogens with zero attached hydrogens (tertiary/aromatic N) is 1. The van der Waals surface area contributed by atoms with Crippen molar-refractivity contribution in [2.24, 2.45) is 11.5 Å². The lowest BCUT2D eigenvalue weighted by atomic mass is 10.5. The maximum Gasteiger partial charge on any atom is 0.284 e. The van der Waals surface area contributed by atoms with Gasteiger partial charge < -0.3 is 16.5 Å². The van der Waals surface area contributed by atoms with Crippen molar-refractivity contribution in [1.82, 2.24) is 9.97 Å². The highest BCUT2D eigenvalue weighted by atomic mass is 16.2. The molecule has 6 nitrogen and oxygen atoms in total. The number of aromatic nitrogens is 2. The lowest BCUT2D eigenvalue weighted by Gasteiger charge is -1.85. The van der Waals surface area contributed by atoms with Crippen LogP contribution >= 0.6 is 0 Å². The van der Waals surface area contributed by atoms with Gasteiger partial charge in [-0.25, -0.2) is 4.98 Å². The molecular weight excluding hydrogens is 148 g/mol. The van der Waals surface area contributed by atoms with E-state index >= 15 is 0 Å². The van der Waals surface area contributed by atoms with Gasteiger partial charge in [-0.3, -0.25) is 9.59 Å². The number of nitrogens with one attached hydrogen (secondary N) is 1. The van der Waals surface area contributed by atoms with Gasteiger partial charge in [-0.05, 0) is 0 Å². The van der Waals surface area contributed by atoms with Gasteiger partial charge in [0.2, 0.25) is 0 Å². The van der Waals surface area contributed by atoms with Crippen molar-refractivity contribution >= 4 is 11.8 Å². The molecular formula is C5H6N4O2. The molecule has 0 aliphatic rings. The molecule has 0 aliphatic heterocycles. The number of primary amides is 2. The molecule has 1 heterocycles. The molecule has 1 aromatic rings. The van der Waals surface area contributed by atoms with Crippen LogP contribution in [0.15, 0.2) is 6.20 Å². The number of hydrogen-bond donors (Lipinski definition) is 3. The Morgan fingerprint density at radius 3 is 2.27 bits per heavy atom. The van der Waals surface area contributed by atoms with Gasteiger partial charge >= 0.3 is 0 Å². The van der Waals surface area contributed by atoms with Crippen molar-refractivity contribution in [2.45, 2.75) is 0 Å². The number of carbonyl (C=O) groups excluding carboxylic acids is 2. The smallest absolute Gasteiger partial charge is 0.284 e.